The van der Waals surface area contributed by atoms with E-state index in [9.17, 15) is 13.2 Å². The first-order chi connectivity index (χ1) is 8.12. The molecule has 0 atom stereocenters. The number of rotatable bonds is 5. The highest BCUT2D eigenvalue weighted by molar-refractivity contribution is 7.89. The lowest BCUT2D eigenvalue weighted by Gasteiger charge is -2.01. The summed E-state index contributed by atoms with van der Waals surface area (Å²) >= 11 is 0. The standard InChI is InChI=1S/C10H9NO5S/c12-7-9-3-4-10(16-9)17(13,14)11-6-8-2-1-5-15-8/h1-5,7,11H,6H2. The van der Waals surface area contributed by atoms with Crippen molar-refractivity contribution >= 4 is 16.3 Å². The molecule has 7 heteroatoms. The van der Waals surface area contributed by atoms with E-state index in [4.69, 9.17) is 8.83 Å². The first-order valence-electron chi connectivity index (χ1n) is 4.69. The zero-order chi connectivity index (χ0) is 12.3. The van der Waals surface area contributed by atoms with Crippen molar-refractivity contribution in [2.24, 2.45) is 0 Å². The number of carbonyl (C=O) groups is 1. The fourth-order valence-corrected chi connectivity index (χ4v) is 2.12. The van der Waals surface area contributed by atoms with Crippen LogP contribution in [0.4, 0.5) is 0 Å². The Morgan fingerprint density at radius 3 is 2.71 bits per heavy atom. The summed E-state index contributed by atoms with van der Waals surface area (Å²) in [5.74, 6) is 0.444. The van der Waals surface area contributed by atoms with Crippen molar-refractivity contribution in [1.82, 2.24) is 4.72 Å². The zero-order valence-electron chi connectivity index (χ0n) is 8.62. The Bertz CT molecular complexity index is 596. The third-order valence-electron chi connectivity index (χ3n) is 2.00. The van der Waals surface area contributed by atoms with Crippen LogP contribution in [0.3, 0.4) is 0 Å². The molecule has 17 heavy (non-hydrogen) atoms. The van der Waals surface area contributed by atoms with Gasteiger partial charge in [0.05, 0.1) is 12.8 Å². The van der Waals surface area contributed by atoms with Gasteiger partial charge in [-0.25, -0.2) is 13.1 Å². The molecule has 90 valence electrons. The maximum atomic E-state index is 11.7. The monoisotopic (exact) mass is 255 g/mol. The van der Waals surface area contributed by atoms with Crippen LogP contribution in [0.2, 0.25) is 0 Å². The van der Waals surface area contributed by atoms with Gasteiger partial charge in [-0.05, 0) is 24.3 Å². The summed E-state index contributed by atoms with van der Waals surface area (Å²) in [6, 6.07) is 5.80. The van der Waals surface area contributed by atoms with E-state index in [2.05, 4.69) is 4.72 Å². The van der Waals surface area contributed by atoms with Gasteiger partial charge in [0.15, 0.2) is 12.0 Å². The van der Waals surface area contributed by atoms with Gasteiger partial charge in [0.2, 0.25) is 5.09 Å². The number of hydrogen-bond acceptors (Lipinski definition) is 5. The molecule has 0 spiro atoms. The predicted octanol–water partition coefficient (Wildman–Crippen LogP) is 1.16. The highest BCUT2D eigenvalue weighted by Gasteiger charge is 2.18. The van der Waals surface area contributed by atoms with Gasteiger partial charge in [-0.3, -0.25) is 4.79 Å². The van der Waals surface area contributed by atoms with Gasteiger partial charge in [0.1, 0.15) is 5.76 Å². The van der Waals surface area contributed by atoms with E-state index in [0.717, 1.165) is 0 Å². The molecular formula is C10H9NO5S. The van der Waals surface area contributed by atoms with Crippen molar-refractivity contribution in [3.05, 3.63) is 42.0 Å². The van der Waals surface area contributed by atoms with Gasteiger partial charge in [0.25, 0.3) is 10.0 Å². The van der Waals surface area contributed by atoms with Crippen LogP contribution in [0.25, 0.3) is 0 Å². The molecule has 0 aliphatic carbocycles. The van der Waals surface area contributed by atoms with Crippen LogP contribution >= 0.6 is 0 Å². The SMILES string of the molecule is O=Cc1ccc(S(=O)(=O)NCc2ccco2)o1. The highest BCUT2D eigenvalue weighted by atomic mass is 32.2. The van der Waals surface area contributed by atoms with Gasteiger partial charge < -0.3 is 8.83 Å². The first kappa shape index (κ1) is 11.6. The Kier molecular flexibility index (Phi) is 3.12. The van der Waals surface area contributed by atoms with Crippen molar-refractivity contribution in [2.45, 2.75) is 11.6 Å². The third kappa shape index (κ3) is 2.63. The maximum Gasteiger partial charge on any atom is 0.274 e. The molecule has 0 radical (unpaired) electrons. The van der Waals surface area contributed by atoms with Crippen molar-refractivity contribution in [3.63, 3.8) is 0 Å². The van der Waals surface area contributed by atoms with Gasteiger partial charge >= 0.3 is 0 Å². The lowest BCUT2D eigenvalue weighted by molar-refractivity contribution is 0.109. The van der Waals surface area contributed by atoms with E-state index < -0.39 is 10.0 Å². The maximum absolute atomic E-state index is 11.7. The second-order valence-corrected chi connectivity index (χ2v) is 4.88. The van der Waals surface area contributed by atoms with Crippen LogP contribution < -0.4 is 4.72 Å². The number of aldehydes is 1. The Hall–Kier alpha value is -1.86. The molecule has 2 rings (SSSR count). The summed E-state index contributed by atoms with van der Waals surface area (Å²) in [6.45, 7) is 0.0203. The van der Waals surface area contributed by atoms with Crippen molar-refractivity contribution in [1.29, 1.82) is 0 Å². The molecule has 0 saturated heterocycles. The Morgan fingerprint density at radius 2 is 2.12 bits per heavy atom. The molecule has 0 aliphatic rings. The normalized spacial score (nSPS) is 11.5. The Balaban J connectivity index is 2.11. The number of sulfonamides is 1. The minimum atomic E-state index is -3.76. The molecule has 2 aromatic heterocycles. The van der Waals surface area contributed by atoms with E-state index >= 15 is 0 Å². The second kappa shape index (κ2) is 4.56. The molecule has 0 aromatic carbocycles. The minimum absolute atomic E-state index is 0.0203. The fourth-order valence-electron chi connectivity index (χ4n) is 1.19. The van der Waals surface area contributed by atoms with E-state index in [1.54, 1.807) is 12.1 Å². The molecule has 1 N–H and O–H groups in total. The molecule has 0 unspecified atom stereocenters. The van der Waals surface area contributed by atoms with E-state index in [1.165, 1.54) is 18.4 Å². The van der Waals surface area contributed by atoms with Crippen molar-refractivity contribution in [2.75, 3.05) is 0 Å². The number of hydrogen-bond donors (Lipinski definition) is 1. The van der Waals surface area contributed by atoms with Gasteiger partial charge in [-0.1, -0.05) is 0 Å². The molecular weight excluding hydrogens is 246 g/mol. The molecule has 2 heterocycles. The summed E-state index contributed by atoms with van der Waals surface area (Å²) in [5.41, 5.74) is 0. The summed E-state index contributed by atoms with van der Waals surface area (Å²) in [7, 11) is -3.76. The molecule has 2 aromatic rings. The quantitative estimate of drug-likeness (QED) is 0.810. The van der Waals surface area contributed by atoms with Crippen LogP contribution in [0, 0.1) is 0 Å². The van der Waals surface area contributed by atoms with Crippen LogP contribution in [0.15, 0.2) is 44.5 Å². The third-order valence-corrected chi connectivity index (χ3v) is 3.27. The van der Waals surface area contributed by atoms with Gasteiger partial charge in [0, 0.05) is 0 Å². The predicted molar refractivity (Wildman–Crippen MR) is 56.8 cm³/mol. The van der Waals surface area contributed by atoms with Crippen molar-refractivity contribution in [3.8, 4) is 0 Å². The average Bonchev–Trinajstić information content (AvgIpc) is 2.98. The topological polar surface area (TPSA) is 89.5 Å². The summed E-state index contributed by atoms with van der Waals surface area (Å²) in [6.07, 6.45) is 1.88. The molecule has 0 aliphatic heterocycles. The zero-order valence-corrected chi connectivity index (χ0v) is 9.44. The summed E-state index contributed by atoms with van der Waals surface area (Å²) in [5, 5.41) is -0.300. The largest absolute Gasteiger partial charge is 0.468 e. The second-order valence-electron chi connectivity index (χ2n) is 3.18. The number of carbonyl (C=O) groups excluding carboxylic acids is 1. The van der Waals surface area contributed by atoms with E-state index in [0.29, 0.717) is 12.0 Å². The highest BCUT2D eigenvalue weighted by Crippen LogP contribution is 2.13. The molecule has 6 nitrogen and oxygen atoms in total. The molecule has 0 bridgehead atoms. The fraction of sp³-hybridized carbons (Fsp3) is 0.100. The van der Waals surface area contributed by atoms with Crippen LogP contribution in [-0.2, 0) is 16.6 Å². The van der Waals surface area contributed by atoms with Crippen LogP contribution in [0.5, 0.6) is 0 Å². The number of nitrogens with one attached hydrogen (secondary N) is 1. The van der Waals surface area contributed by atoms with Gasteiger partial charge in [-0.2, -0.15) is 0 Å². The van der Waals surface area contributed by atoms with E-state index in [1.807, 2.05) is 0 Å². The smallest absolute Gasteiger partial charge is 0.274 e. The molecule has 0 amide bonds. The van der Waals surface area contributed by atoms with Gasteiger partial charge in [-0.15, -0.1) is 0 Å². The van der Waals surface area contributed by atoms with Crippen LogP contribution in [0.1, 0.15) is 16.3 Å². The first-order valence-corrected chi connectivity index (χ1v) is 6.17. The molecule has 0 saturated carbocycles. The summed E-state index contributed by atoms with van der Waals surface area (Å²) < 4.78 is 35.5. The lowest BCUT2D eigenvalue weighted by Crippen LogP contribution is -2.22. The Morgan fingerprint density at radius 1 is 1.29 bits per heavy atom. The number of furan rings is 2. The summed E-state index contributed by atoms with van der Waals surface area (Å²) in [4.78, 5) is 10.4. The average molecular weight is 255 g/mol. The van der Waals surface area contributed by atoms with E-state index in [-0.39, 0.29) is 17.4 Å². The van der Waals surface area contributed by atoms with Crippen LogP contribution in [-0.4, -0.2) is 14.7 Å². The van der Waals surface area contributed by atoms with Crippen molar-refractivity contribution < 1.29 is 22.0 Å². The Labute approximate surface area is 97.3 Å². The minimum Gasteiger partial charge on any atom is -0.468 e. The lowest BCUT2D eigenvalue weighted by atomic mass is 10.5. The molecule has 0 fully saturated rings.